The van der Waals surface area contributed by atoms with Gasteiger partial charge >= 0.3 is 0 Å². The lowest BCUT2D eigenvalue weighted by Gasteiger charge is -2.34. The lowest BCUT2D eigenvalue weighted by Crippen LogP contribution is -2.35. The minimum atomic E-state index is 0.188. The molecule has 1 aliphatic rings. The van der Waals surface area contributed by atoms with E-state index in [0.717, 1.165) is 6.42 Å². The van der Waals surface area contributed by atoms with Crippen molar-refractivity contribution in [1.29, 1.82) is 0 Å². The van der Waals surface area contributed by atoms with Gasteiger partial charge in [0.1, 0.15) is 5.78 Å². The van der Waals surface area contributed by atoms with Crippen LogP contribution in [0.15, 0.2) is 0 Å². The van der Waals surface area contributed by atoms with Crippen molar-refractivity contribution in [3.05, 3.63) is 0 Å². The van der Waals surface area contributed by atoms with Gasteiger partial charge in [-0.1, -0.05) is 20.8 Å². The highest BCUT2D eigenvalue weighted by Gasteiger charge is 2.34. The van der Waals surface area contributed by atoms with Gasteiger partial charge in [-0.15, -0.1) is 0 Å². The quantitative estimate of drug-likeness (QED) is 0.711. The lowest BCUT2D eigenvalue weighted by molar-refractivity contribution is -0.129. The van der Waals surface area contributed by atoms with Crippen molar-refractivity contribution in [1.82, 2.24) is 0 Å². The van der Waals surface area contributed by atoms with Crippen LogP contribution in [-0.4, -0.2) is 17.5 Å². The minimum Gasteiger partial charge on any atom is -0.396 e. The third kappa shape index (κ3) is 2.31. The summed E-state index contributed by atoms with van der Waals surface area (Å²) in [5.41, 5.74) is 0. The zero-order chi connectivity index (χ0) is 10.0. The number of hydrogen-bond acceptors (Lipinski definition) is 2. The van der Waals surface area contributed by atoms with E-state index >= 15 is 0 Å². The minimum absolute atomic E-state index is 0.188. The molecule has 0 heterocycles. The summed E-state index contributed by atoms with van der Waals surface area (Å²) in [6.07, 6.45) is 1.54. The Morgan fingerprint density at radius 1 is 1.54 bits per heavy atom. The molecule has 0 saturated heterocycles. The number of rotatable bonds is 2. The van der Waals surface area contributed by atoms with Crippen molar-refractivity contribution in [2.45, 2.75) is 33.6 Å². The number of carbonyl (C=O) groups is 1. The van der Waals surface area contributed by atoms with E-state index in [0.29, 0.717) is 30.0 Å². The predicted octanol–water partition coefficient (Wildman–Crippen LogP) is 1.87. The molecule has 13 heavy (non-hydrogen) atoms. The molecule has 0 aromatic rings. The number of carbonyl (C=O) groups excluding carboxylic acids is 1. The van der Waals surface area contributed by atoms with Gasteiger partial charge in [0.25, 0.3) is 0 Å². The summed E-state index contributed by atoms with van der Waals surface area (Å²) < 4.78 is 0. The Morgan fingerprint density at radius 3 is 2.62 bits per heavy atom. The van der Waals surface area contributed by atoms with Crippen molar-refractivity contribution < 1.29 is 9.90 Å². The standard InChI is InChI=1S/C11H20O2/c1-7(2)10-5-9(6-12)8(3)4-11(10)13/h7-10,12H,4-6H2,1-3H3/t8-,9?,10+/m0/s1. The molecule has 0 amide bonds. The molecule has 1 aliphatic carbocycles. The Labute approximate surface area is 80.3 Å². The van der Waals surface area contributed by atoms with E-state index in [-0.39, 0.29) is 12.5 Å². The van der Waals surface area contributed by atoms with Gasteiger partial charge in [-0.05, 0) is 24.2 Å². The third-order valence-electron chi connectivity index (χ3n) is 3.34. The van der Waals surface area contributed by atoms with Crippen molar-refractivity contribution in [3.8, 4) is 0 Å². The Kier molecular flexibility index (Phi) is 3.48. The van der Waals surface area contributed by atoms with E-state index in [9.17, 15) is 4.79 Å². The fourth-order valence-corrected chi connectivity index (χ4v) is 2.22. The summed E-state index contributed by atoms with van der Waals surface area (Å²) >= 11 is 0. The first-order valence-electron chi connectivity index (χ1n) is 5.19. The average molecular weight is 184 g/mol. The largest absolute Gasteiger partial charge is 0.396 e. The maximum atomic E-state index is 11.6. The SMILES string of the molecule is CC(C)[C@H]1CC(CO)[C@@H](C)CC1=O. The highest BCUT2D eigenvalue weighted by molar-refractivity contribution is 5.82. The van der Waals surface area contributed by atoms with Gasteiger partial charge in [0, 0.05) is 18.9 Å². The van der Waals surface area contributed by atoms with Crippen LogP contribution in [0.25, 0.3) is 0 Å². The first kappa shape index (κ1) is 10.7. The highest BCUT2D eigenvalue weighted by Crippen LogP contribution is 2.34. The molecule has 0 aromatic carbocycles. The lowest BCUT2D eigenvalue weighted by atomic mass is 9.71. The second-order valence-electron chi connectivity index (χ2n) is 4.68. The van der Waals surface area contributed by atoms with Crippen LogP contribution in [0.3, 0.4) is 0 Å². The summed E-state index contributed by atoms with van der Waals surface area (Å²) in [6, 6.07) is 0. The van der Waals surface area contributed by atoms with Gasteiger partial charge < -0.3 is 5.11 Å². The molecule has 1 rings (SSSR count). The van der Waals surface area contributed by atoms with Crippen LogP contribution in [0, 0.1) is 23.7 Å². The molecule has 2 heteroatoms. The van der Waals surface area contributed by atoms with Gasteiger partial charge in [-0.25, -0.2) is 0 Å². The molecule has 1 unspecified atom stereocenters. The summed E-state index contributed by atoms with van der Waals surface area (Å²) in [5.74, 6) is 1.71. The fraction of sp³-hybridized carbons (Fsp3) is 0.909. The van der Waals surface area contributed by atoms with Gasteiger partial charge in [-0.2, -0.15) is 0 Å². The molecule has 0 aliphatic heterocycles. The normalized spacial score (nSPS) is 35.5. The van der Waals surface area contributed by atoms with Crippen LogP contribution in [0.2, 0.25) is 0 Å². The smallest absolute Gasteiger partial charge is 0.136 e. The zero-order valence-corrected chi connectivity index (χ0v) is 8.79. The van der Waals surface area contributed by atoms with Gasteiger partial charge in [0.2, 0.25) is 0 Å². The van der Waals surface area contributed by atoms with Crippen molar-refractivity contribution in [2.75, 3.05) is 6.61 Å². The van der Waals surface area contributed by atoms with Crippen LogP contribution in [0.1, 0.15) is 33.6 Å². The first-order valence-corrected chi connectivity index (χ1v) is 5.19. The Bertz CT molecular complexity index is 187. The van der Waals surface area contributed by atoms with Gasteiger partial charge in [0.15, 0.2) is 0 Å². The summed E-state index contributed by atoms with van der Waals surface area (Å²) in [5, 5.41) is 9.14. The van der Waals surface area contributed by atoms with E-state index < -0.39 is 0 Å². The summed E-state index contributed by atoms with van der Waals surface area (Å²) in [7, 11) is 0. The van der Waals surface area contributed by atoms with Crippen LogP contribution < -0.4 is 0 Å². The molecule has 1 fully saturated rings. The number of hydrogen-bond donors (Lipinski definition) is 1. The second kappa shape index (κ2) is 4.23. The molecular weight excluding hydrogens is 164 g/mol. The van der Waals surface area contributed by atoms with Crippen molar-refractivity contribution in [3.63, 3.8) is 0 Å². The molecule has 1 saturated carbocycles. The fourth-order valence-electron chi connectivity index (χ4n) is 2.22. The van der Waals surface area contributed by atoms with E-state index in [1.54, 1.807) is 0 Å². The number of Topliss-reactive ketones (excluding diaryl/α,β-unsaturated/α-hetero) is 1. The van der Waals surface area contributed by atoms with Crippen LogP contribution in [0.4, 0.5) is 0 Å². The number of aliphatic hydroxyl groups is 1. The van der Waals surface area contributed by atoms with E-state index in [1.807, 2.05) is 0 Å². The molecule has 3 atom stereocenters. The molecule has 2 nitrogen and oxygen atoms in total. The molecular formula is C11H20O2. The maximum absolute atomic E-state index is 11.6. The summed E-state index contributed by atoms with van der Waals surface area (Å²) in [6.45, 7) is 6.48. The van der Waals surface area contributed by atoms with E-state index in [1.165, 1.54) is 0 Å². The van der Waals surface area contributed by atoms with Gasteiger partial charge in [0.05, 0.1) is 0 Å². The van der Waals surface area contributed by atoms with Crippen LogP contribution in [0.5, 0.6) is 0 Å². The van der Waals surface area contributed by atoms with E-state index in [4.69, 9.17) is 5.11 Å². The van der Waals surface area contributed by atoms with Crippen LogP contribution in [-0.2, 0) is 4.79 Å². The second-order valence-corrected chi connectivity index (χ2v) is 4.68. The van der Waals surface area contributed by atoms with Crippen molar-refractivity contribution in [2.24, 2.45) is 23.7 Å². The average Bonchev–Trinajstić information content (AvgIpc) is 2.03. The molecule has 0 bridgehead atoms. The topological polar surface area (TPSA) is 37.3 Å². The highest BCUT2D eigenvalue weighted by atomic mass is 16.3. The van der Waals surface area contributed by atoms with Crippen LogP contribution >= 0.6 is 0 Å². The van der Waals surface area contributed by atoms with E-state index in [2.05, 4.69) is 20.8 Å². The van der Waals surface area contributed by atoms with Gasteiger partial charge in [-0.3, -0.25) is 4.79 Å². The molecule has 1 N–H and O–H groups in total. The monoisotopic (exact) mass is 184 g/mol. The maximum Gasteiger partial charge on any atom is 0.136 e. The number of ketones is 1. The molecule has 0 aromatic heterocycles. The third-order valence-corrected chi connectivity index (χ3v) is 3.34. The Morgan fingerprint density at radius 2 is 2.15 bits per heavy atom. The summed E-state index contributed by atoms with van der Waals surface area (Å²) in [4.78, 5) is 11.6. The zero-order valence-electron chi connectivity index (χ0n) is 8.79. The number of aliphatic hydroxyl groups excluding tert-OH is 1. The Hall–Kier alpha value is -0.370. The molecule has 0 spiro atoms. The predicted molar refractivity (Wildman–Crippen MR) is 52.3 cm³/mol. The van der Waals surface area contributed by atoms with Crippen molar-refractivity contribution >= 4 is 5.78 Å². The Balaban J connectivity index is 2.63. The molecule has 0 radical (unpaired) electrons. The molecule has 76 valence electrons. The first-order chi connectivity index (χ1) is 6.06.